The Bertz CT molecular complexity index is 1040. The zero-order chi connectivity index (χ0) is 19.6. The lowest BCUT2D eigenvalue weighted by atomic mass is 10.2. The molecule has 0 spiro atoms. The molecule has 0 aliphatic heterocycles. The van der Waals surface area contributed by atoms with Crippen LogP contribution in [0.15, 0.2) is 58.5 Å². The summed E-state index contributed by atoms with van der Waals surface area (Å²) in [5, 5.41) is 0.809. The number of hydrogen-bond acceptors (Lipinski definition) is 5. The molecular weight excluding hydrogens is 387 g/mol. The highest BCUT2D eigenvalue weighted by Gasteiger charge is 2.22. The fourth-order valence-electron chi connectivity index (χ4n) is 2.65. The molecule has 144 valence electrons. The first kappa shape index (κ1) is 19.7. The lowest BCUT2D eigenvalue weighted by Gasteiger charge is -2.08. The molecule has 0 aliphatic rings. The molecule has 0 amide bonds. The zero-order valence-electron chi connectivity index (χ0n) is 15.3. The van der Waals surface area contributed by atoms with Crippen molar-refractivity contribution in [2.75, 3.05) is 33.5 Å². The van der Waals surface area contributed by atoms with Crippen molar-refractivity contribution in [1.29, 1.82) is 0 Å². The Labute approximate surface area is 162 Å². The van der Waals surface area contributed by atoms with Gasteiger partial charge < -0.3 is 9.64 Å². The van der Waals surface area contributed by atoms with Gasteiger partial charge in [-0.05, 0) is 56.6 Å². The van der Waals surface area contributed by atoms with Gasteiger partial charge in [0.15, 0.2) is 0 Å². The Morgan fingerprint density at radius 3 is 2.48 bits per heavy atom. The van der Waals surface area contributed by atoms with Crippen LogP contribution in [-0.4, -0.2) is 50.8 Å². The van der Waals surface area contributed by atoms with Gasteiger partial charge in [0.1, 0.15) is 11.6 Å². The summed E-state index contributed by atoms with van der Waals surface area (Å²) in [6.45, 7) is 0.867. The van der Waals surface area contributed by atoms with Crippen LogP contribution in [0.5, 0.6) is 5.75 Å². The average Bonchev–Trinajstić information content (AvgIpc) is 3.00. The number of aromatic nitrogens is 1. The van der Waals surface area contributed by atoms with Gasteiger partial charge in [-0.2, -0.15) is 0 Å². The molecule has 0 fully saturated rings. The Morgan fingerprint density at radius 1 is 1.15 bits per heavy atom. The fraction of sp³-hybridized carbons (Fsp3) is 0.263. The van der Waals surface area contributed by atoms with Gasteiger partial charge in [0.2, 0.25) is 0 Å². The topological polar surface area (TPSA) is 51.5 Å². The van der Waals surface area contributed by atoms with Crippen LogP contribution in [-0.2, 0) is 10.0 Å². The third kappa shape index (κ3) is 4.12. The molecule has 27 heavy (non-hydrogen) atoms. The standard InChI is InChI=1S/C19H21FN2O3S2/c1-21(2)10-11-26-19-13-22(18-9-6-15(25-3)12-17(18)19)27(23,24)16-7-4-14(20)5-8-16/h4-9,12-13H,10-11H2,1-3H3. The lowest BCUT2D eigenvalue weighted by molar-refractivity contribution is 0.415. The van der Waals surface area contributed by atoms with E-state index >= 15 is 0 Å². The molecule has 0 radical (unpaired) electrons. The summed E-state index contributed by atoms with van der Waals surface area (Å²) < 4.78 is 46.0. The minimum absolute atomic E-state index is 0.0430. The molecule has 0 saturated heterocycles. The second-order valence-electron chi connectivity index (χ2n) is 6.28. The average molecular weight is 409 g/mol. The van der Waals surface area contributed by atoms with Gasteiger partial charge >= 0.3 is 0 Å². The predicted octanol–water partition coefficient (Wildman–Crippen LogP) is 3.68. The van der Waals surface area contributed by atoms with Gasteiger partial charge in [0.25, 0.3) is 10.0 Å². The highest BCUT2D eigenvalue weighted by atomic mass is 32.2. The molecule has 0 atom stereocenters. The van der Waals surface area contributed by atoms with Crippen molar-refractivity contribution < 1.29 is 17.5 Å². The van der Waals surface area contributed by atoms with Gasteiger partial charge in [-0.15, -0.1) is 11.8 Å². The number of halogens is 1. The molecule has 3 rings (SSSR count). The van der Waals surface area contributed by atoms with Crippen LogP contribution in [0.1, 0.15) is 0 Å². The van der Waals surface area contributed by atoms with Crippen molar-refractivity contribution in [3.8, 4) is 5.75 Å². The molecule has 1 heterocycles. The minimum atomic E-state index is -3.84. The monoisotopic (exact) mass is 408 g/mol. The van der Waals surface area contributed by atoms with Crippen molar-refractivity contribution >= 4 is 32.7 Å². The zero-order valence-corrected chi connectivity index (χ0v) is 17.0. The number of rotatable bonds is 7. The molecular formula is C19H21FN2O3S2. The Kier molecular flexibility index (Phi) is 5.78. The maximum Gasteiger partial charge on any atom is 0.268 e. The summed E-state index contributed by atoms with van der Waals surface area (Å²) >= 11 is 1.59. The van der Waals surface area contributed by atoms with Crippen molar-refractivity contribution in [3.05, 3.63) is 54.5 Å². The fourth-order valence-corrected chi connectivity index (χ4v) is 5.26. The van der Waals surface area contributed by atoms with Crippen molar-refractivity contribution in [2.45, 2.75) is 9.79 Å². The number of thioether (sulfide) groups is 1. The summed E-state index contributed by atoms with van der Waals surface area (Å²) in [6.07, 6.45) is 1.63. The number of fused-ring (bicyclic) bond motifs is 1. The highest BCUT2D eigenvalue weighted by molar-refractivity contribution is 7.99. The van der Waals surface area contributed by atoms with E-state index in [9.17, 15) is 12.8 Å². The van der Waals surface area contributed by atoms with Gasteiger partial charge in [0, 0.05) is 28.8 Å². The van der Waals surface area contributed by atoms with Gasteiger partial charge in [0.05, 0.1) is 17.5 Å². The van der Waals surface area contributed by atoms with E-state index in [0.717, 1.165) is 34.7 Å². The third-order valence-corrected chi connectivity index (χ3v) is 6.82. The van der Waals surface area contributed by atoms with E-state index in [-0.39, 0.29) is 4.90 Å². The molecule has 0 bridgehead atoms. The summed E-state index contributed by atoms with van der Waals surface area (Å²) in [7, 11) is 1.72. The van der Waals surface area contributed by atoms with Gasteiger partial charge in [-0.25, -0.2) is 16.8 Å². The summed E-state index contributed by atoms with van der Waals surface area (Å²) in [5.41, 5.74) is 0.562. The quantitative estimate of drug-likeness (QED) is 0.558. The normalized spacial score (nSPS) is 12.0. The van der Waals surface area contributed by atoms with Crippen molar-refractivity contribution in [1.82, 2.24) is 8.87 Å². The molecule has 0 unspecified atom stereocenters. The smallest absolute Gasteiger partial charge is 0.268 e. The number of hydrogen-bond donors (Lipinski definition) is 0. The molecule has 0 saturated carbocycles. The maximum absolute atomic E-state index is 13.2. The van der Waals surface area contributed by atoms with E-state index in [1.54, 1.807) is 37.2 Å². The van der Waals surface area contributed by atoms with Crippen LogP contribution in [0.2, 0.25) is 0 Å². The Balaban J connectivity index is 2.10. The van der Waals surface area contributed by atoms with E-state index in [2.05, 4.69) is 4.90 Å². The van der Waals surface area contributed by atoms with E-state index in [0.29, 0.717) is 11.3 Å². The molecule has 3 aromatic rings. The SMILES string of the molecule is COc1ccc2c(c1)c(SCCN(C)C)cn2S(=O)(=O)c1ccc(F)cc1. The first-order valence-corrected chi connectivity index (χ1v) is 10.7. The molecule has 0 N–H and O–H groups in total. The molecule has 2 aromatic carbocycles. The highest BCUT2D eigenvalue weighted by Crippen LogP contribution is 2.34. The first-order chi connectivity index (χ1) is 12.8. The van der Waals surface area contributed by atoms with Crippen LogP contribution in [0.25, 0.3) is 10.9 Å². The molecule has 8 heteroatoms. The molecule has 5 nitrogen and oxygen atoms in total. The second kappa shape index (κ2) is 7.92. The largest absolute Gasteiger partial charge is 0.497 e. The Morgan fingerprint density at radius 2 is 1.85 bits per heavy atom. The summed E-state index contributed by atoms with van der Waals surface area (Å²) in [4.78, 5) is 2.97. The first-order valence-electron chi connectivity index (χ1n) is 8.30. The van der Waals surface area contributed by atoms with Gasteiger partial charge in [-0.1, -0.05) is 0 Å². The van der Waals surface area contributed by atoms with Crippen LogP contribution in [0, 0.1) is 5.82 Å². The predicted molar refractivity (Wildman–Crippen MR) is 107 cm³/mol. The lowest BCUT2D eigenvalue weighted by Crippen LogP contribution is -2.14. The summed E-state index contributed by atoms with van der Waals surface area (Å²) in [6, 6.07) is 10.1. The van der Waals surface area contributed by atoms with Crippen LogP contribution in [0.4, 0.5) is 4.39 Å². The molecule has 1 aromatic heterocycles. The molecule has 0 aliphatic carbocycles. The Hall–Kier alpha value is -2.03. The van der Waals surface area contributed by atoms with Crippen LogP contribution < -0.4 is 4.74 Å². The van der Waals surface area contributed by atoms with Crippen LogP contribution in [0.3, 0.4) is 0 Å². The second-order valence-corrected chi connectivity index (χ2v) is 9.23. The number of nitrogens with zero attached hydrogens (tertiary/aromatic N) is 2. The van der Waals surface area contributed by atoms with Crippen LogP contribution >= 0.6 is 11.8 Å². The van der Waals surface area contributed by atoms with E-state index in [1.165, 1.54) is 16.1 Å². The van der Waals surface area contributed by atoms with Crippen molar-refractivity contribution in [2.24, 2.45) is 0 Å². The van der Waals surface area contributed by atoms with E-state index < -0.39 is 15.8 Å². The summed E-state index contributed by atoms with van der Waals surface area (Å²) in [5.74, 6) is 1.00. The van der Waals surface area contributed by atoms with Crippen molar-refractivity contribution in [3.63, 3.8) is 0 Å². The van der Waals surface area contributed by atoms with E-state index in [1.807, 2.05) is 20.2 Å². The number of methoxy groups -OCH3 is 1. The minimum Gasteiger partial charge on any atom is -0.497 e. The number of benzene rings is 2. The maximum atomic E-state index is 13.2. The van der Waals surface area contributed by atoms with Gasteiger partial charge in [-0.3, -0.25) is 0 Å². The number of ether oxygens (including phenoxy) is 1. The van der Waals surface area contributed by atoms with E-state index in [4.69, 9.17) is 4.74 Å². The third-order valence-electron chi connectivity index (χ3n) is 4.11.